The van der Waals surface area contributed by atoms with Gasteiger partial charge in [0.1, 0.15) is 0 Å². The van der Waals surface area contributed by atoms with E-state index in [1.165, 1.54) is 19.3 Å². The number of methoxy groups -OCH3 is 1. The predicted molar refractivity (Wildman–Crippen MR) is 93.2 cm³/mol. The van der Waals surface area contributed by atoms with Crippen LogP contribution in [0.4, 0.5) is 5.69 Å². The fraction of sp³-hybridized carbons (Fsp3) is 0.556. The summed E-state index contributed by atoms with van der Waals surface area (Å²) in [7, 11) is 1.58. The van der Waals surface area contributed by atoms with Crippen LogP contribution in [0.1, 0.15) is 36.0 Å². The van der Waals surface area contributed by atoms with E-state index >= 15 is 0 Å². The highest BCUT2D eigenvalue weighted by molar-refractivity contribution is 6.34. The number of benzene rings is 1. The van der Waals surface area contributed by atoms with Gasteiger partial charge in [0.2, 0.25) is 5.91 Å². The SMILES string of the molecule is COCCNC(=O)c1ccc(NC(=O)[C@@H]2C[C@H]3CC[C@H]2C3)cc1Cl. The van der Waals surface area contributed by atoms with Crippen LogP contribution in [-0.2, 0) is 9.53 Å². The van der Waals surface area contributed by atoms with Crippen LogP contribution in [0.2, 0.25) is 5.02 Å². The van der Waals surface area contributed by atoms with Crippen molar-refractivity contribution >= 4 is 29.1 Å². The highest BCUT2D eigenvalue weighted by atomic mass is 35.5. The lowest BCUT2D eigenvalue weighted by atomic mass is 9.88. The highest BCUT2D eigenvalue weighted by Crippen LogP contribution is 2.48. The quantitative estimate of drug-likeness (QED) is 0.775. The number of hydrogen-bond donors (Lipinski definition) is 2. The molecule has 1 aromatic rings. The van der Waals surface area contributed by atoms with Crippen molar-refractivity contribution in [3.63, 3.8) is 0 Å². The van der Waals surface area contributed by atoms with Gasteiger partial charge < -0.3 is 15.4 Å². The third-order valence-corrected chi connectivity index (χ3v) is 5.46. The van der Waals surface area contributed by atoms with E-state index in [4.69, 9.17) is 16.3 Å². The Morgan fingerprint density at radius 1 is 1.29 bits per heavy atom. The molecule has 2 fully saturated rings. The van der Waals surface area contributed by atoms with E-state index in [9.17, 15) is 9.59 Å². The van der Waals surface area contributed by atoms with Gasteiger partial charge in [-0.15, -0.1) is 0 Å². The minimum atomic E-state index is -0.247. The lowest BCUT2D eigenvalue weighted by Crippen LogP contribution is -2.28. The first kappa shape index (κ1) is 17.2. The van der Waals surface area contributed by atoms with Gasteiger partial charge in [0.05, 0.1) is 17.2 Å². The second-order valence-corrected chi connectivity index (χ2v) is 7.12. The molecule has 6 heteroatoms. The first-order valence-corrected chi connectivity index (χ1v) is 8.84. The van der Waals surface area contributed by atoms with Crippen molar-refractivity contribution in [2.24, 2.45) is 17.8 Å². The molecule has 3 atom stereocenters. The molecule has 0 spiro atoms. The van der Waals surface area contributed by atoms with E-state index in [1.54, 1.807) is 25.3 Å². The third-order valence-electron chi connectivity index (χ3n) is 5.15. The zero-order chi connectivity index (χ0) is 17.1. The number of carbonyl (C=O) groups is 2. The molecule has 0 aliphatic heterocycles. The molecule has 5 nitrogen and oxygen atoms in total. The van der Waals surface area contributed by atoms with Crippen LogP contribution in [0.3, 0.4) is 0 Å². The van der Waals surface area contributed by atoms with Crippen molar-refractivity contribution in [3.8, 4) is 0 Å². The van der Waals surface area contributed by atoms with Crippen molar-refractivity contribution in [1.29, 1.82) is 0 Å². The van der Waals surface area contributed by atoms with Crippen LogP contribution < -0.4 is 10.6 Å². The van der Waals surface area contributed by atoms with Crippen LogP contribution >= 0.6 is 11.6 Å². The van der Waals surface area contributed by atoms with Crippen molar-refractivity contribution in [1.82, 2.24) is 5.32 Å². The molecule has 0 radical (unpaired) electrons. The van der Waals surface area contributed by atoms with E-state index in [1.807, 2.05) is 0 Å². The Kier molecular flexibility index (Phi) is 5.41. The normalized spacial score (nSPS) is 24.8. The average molecular weight is 351 g/mol. The maximum Gasteiger partial charge on any atom is 0.252 e. The molecule has 2 amide bonds. The van der Waals surface area contributed by atoms with Gasteiger partial charge in [-0.2, -0.15) is 0 Å². The van der Waals surface area contributed by atoms with Gasteiger partial charge in [0.25, 0.3) is 5.91 Å². The van der Waals surface area contributed by atoms with Crippen LogP contribution in [0.25, 0.3) is 0 Å². The monoisotopic (exact) mass is 350 g/mol. The first-order chi connectivity index (χ1) is 11.6. The Hall–Kier alpha value is -1.59. The van der Waals surface area contributed by atoms with Crippen molar-refractivity contribution < 1.29 is 14.3 Å². The fourth-order valence-corrected chi connectivity index (χ4v) is 4.21. The molecular weight excluding hydrogens is 328 g/mol. The van der Waals surface area contributed by atoms with E-state index < -0.39 is 0 Å². The maximum atomic E-state index is 12.5. The highest BCUT2D eigenvalue weighted by Gasteiger charge is 2.43. The zero-order valence-electron chi connectivity index (χ0n) is 13.8. The number of hydrogen-bond acceptors (Lipinski definition) is 3. The number of anilines is 1. The summed E-state index contributed by atoms with van der Waals surface area (Å²) in [4.78, 5) is 24.5. The van der Waals surface area contributed by atoms with Crippen LogP contribution in [0.15, 0.2) is 18.2 Å². The van der Waals surface area contributed by atoms with E-state index in [0.717, 1.165) is 12.3 Å². The molecular formula is C18H23ClN2O3. The third kappa shape index (κ3) is 3.73. The maximum absolute atomic E-state index is 12.5. The summed E-state index contributed by atoms with van der Waals surface area (Å²) in [6, 6.07) is 5.00. The number of carbonyl (C=O) groups excluding carboxylic acids is 2. The Morgan fingerprint density at radius 2 is 2.12 bits per heavy atom. The Morgan fingerprint density at radius 3 is 2.75 bits per heavy atom. The number of halogens is 1. The molecule has 2 bridgehead atoms. The number of rotatable bonds is 6. The van der Waals surface area contributed by atoms with Crippen LogP contribution in [0, 0.1) is 17.8 Å². The van der Waals surface area contributed by atoms with Gasteiger partial charge in [-0.25, -0.2) is 0 Å². The molecule has 0 heterocycles. The molecule has 1 aromatic carbocycles. The van der Waals surface area contributed by atoms with Gasteiger partial charge >= 0.3 is 0 Å². The number of nitrogens with one attached hydrogen (secondary N) is 2. The molecule has 0 saturated heterocycles. The van der Waals surface area contributed by atoms with Gasteiger partial charge in [-0.1, -0.05) is 18.0 Å². The Bertz CT molecular complexity index is 635. The largest absolute Gasteiger partial charge is 0.383 e. The van der Waals surface area contributed by atoms with E-state index in [2.05, 4.69) is 10.6 Å². The molecule has 2 N–H and O–H groups in total. The summed E-state index contributed by atoms with van der Waals surface area (Å²) in [5.74, 6) is 1.22. The topological polar surface area (TPSA) is 67.4 Å². The van der Waals surface area contributed by atoms with Gasteiger partial charge in [0, 0.05) is 25.3 Å². The van der Waals surface area contributed by atoms with Gasteiger partial charge in [-0.05, 0) is 49.3 Å². The predicted octanol–water partition coefficient (Wildman–Crippen LogP) is 3.09. The summed E-state index contributed by atoms with van der Waals surface area (Å²) >= 11 is 6.20. The first-order valence-electron chi connectivity index (χ1n) is 8.46. The standard InChI is InChI=1S/C18H23ClN2O3/c1-24-7-6-20-17(22)14-5-4-13(10-16(14)19)21-18(23)15-9-11-2-3-12(15)8-11/h4-5,10-12,15H,2-3,6-9H2,1H3,(H,20,22)(H,21,23)/t11-,12-,15+/m0/s1. The lowest BCUT2D eigenvalue weighted by Gasteiger charge is -2.21. The van der Waals surface area contributed by atoms with Gasteiger partial charge in [0.15, 0.2) is 0 Å². The van der Waals surface area contributed by atoms with E-state index in [0.29, 0.717) is 35.3 Å². The Labute approximate surface area is 147 Å². The zero-order valence-corrected chi connectivity index (χ0v) is 14.6. The fourth-order valence-electron chi connectivity index (χ4n) is 3.94. The lowest BCUT2D eigenvalue weighted by molar-refractivity contribution is -0.121. The molecule has 24 heavy (non-hydrogen) atoms. The van der Waals surface area contributed by atoms with Crippen LogP contribution in [0.5, 0.6) is 0 Å². The minimum Gasteiger partial charge on any atom is -0.383 e. The smallest absolute Gasteiger partial charge is 0.252 e. The molecule has 2 aliphatic rings. The summed E-state index contributed by atoms with van der Waals surface area (Å²) in [6.45, 7) is 0.870. The van der Waals surface area contributed by atoms with E-state index in [-0.39, 0.29) is 17.7 Å². The second-order valence-electron chi connectivity index (χ2n) is 6.71. The number of ether oxygens (including phenoxy) is 1. The molecule has 2 saturated carbocycles. The minimum absolute atomic E-state index is 0.0792. The summed E-state index contributed by atoms with van der Waals surface area (Å²) in [5, 5.41) is 6.01. The van der Waals surface area contributed by atoms with Gasteiger partial charge in [-0.3, -0.25) is 9.59 Å². The molecule has 2 aliphatic carbocycles. The van der Waals surface area contributed by atoms with Crippen molar-refractivity contribution in [3.05, 3.63) is 28.8 Å². The summed E-state index contributed by atoms with van der Waals surface area (Å²) in [5.41, 5.74) is 1.03. The molecule has 0 aromatic heterocycles. The molecule has 0 unspecified atom stereocenters. The number of fused-ring (bicyclic) bond motifs is 2. The summed E-state index contributed by atoms with van der Waals surface area (Å²) in [6.07, 6.45) is 4.64. The second kappa shape index (κ2) is 7.53. The van der Waals surface area contributed by atoms with Crippen molar-refractivity contribution in [2.45, 2.75) is 25.7 Å². The average Bonchev–Trinajstić information content (AvgIpc) is 3.18. The number of amides is 2. The molecule has 3 rings (SSSR count). The molecule has 130 valence electrons. The Balaban J connectivity index is 1.60. The summed E-state index contributed by atoms with van der Waals surface area (Å²) < 4.78 is 4.90. The van der Waals surface area contributed by atoms with Crippen molar-refractivity contribution in [2.75, 3.05) is 25.6 Å². The van der Waals surface area contributed by atoms with Crippen LogP contribution in [-0.4, -0.2) is 32.1 Å².